The summed E-state index contributed by atoms with van der Waals surface area (Å²) in [6, 6.07) is 17.6. The van der Waals surface area contributed by atoms with Gasteiger partial charge in [-0.1, -0.05) is 53.7 Å². The summed E-state index contributed by atoms with van der Waals surface area (Å²) >= 11 is 7.58. The molecule has 2 aromatic carbocycles. The van der Waals surface area contributed by atoms with Crippen LogP contribution >= 0.6 is 23.4 Å². The minimum absolute atomic E-state index is 0.174. The van der Waals surface area contributed by atoms with Crippen molar-refractivity contribution in [1.29, 1.82) is 0 Å². The zero-order chi connectivity index (χ0) is 16.1. The summed E-state index contributed by atoms with van der Waals surface area (Å²) in [7, 11) is 0. The first kappa shape index (κ1) is 16.1. The van der Waals surface area contributed by atoms with Crippen LogP contribution in [0.15, 0.2) is 59.8 Å². The van der Waals surface area contributed by atoms with Gasteiger partial charge in [-0.25, -0.2) is 0 Å². The summed E-state index contributed by atoms with van der Waals surface area (Å²) in [5.74, 6) is 1.58. The van der Waals surface area contributed by atoms with Crippen LogP contribution in [0.5, 0.6) is 0 Å². The normalized spacial score (nSPS) is 10.9. The maximum atomic E-state index is 8.97. The average molecular weight is 346 g/mol. The highest BCUT2D eigenvalue weighted by molar-refractivity contribution is 7.99. The van der Waals surface area contributed by atoms with Gasteiger partial charge in [-0.3, -0.25) is 4.57 Å². The van der Waals surface area contributed by atoms with E-state index in [4.69, 9.17) is 16.7 Å². The first-order valence-corrected chi connectivity index (χ1v) is 8.66. The van der Waals surface area contributed by atoms with Crippen LogP contribution in [0.3, 0.4) is 0 Å². The van der Waals surface area contributed by atoms with Gasteiger partial charge in [-0.15, -0.1) is 10.2 Å². The van der Waals surface area contributed by atoms with Gasteiger partial charge >= 0.3 is 0 Å². The van der Waals surface area contributed by atoms with E-state index in [1.54, 1.807) is 11.8 Å². The molecule has 4 nitrogen and oxygen atoms in total. The predicted molar refractivity (Wildman–Crippen MR) is 94.2 cm³/mol. The van der Waals surface area contributed by atoms with E-state index in [1.807, 2.05) is 59.2 Å². The van der Waals surface area contributed by atoms with E-state index in [-0.39, 0.29) is 6.61 Å². The predicted octanol–water partition coefficient (Wildman–Crippen LogP) is 4.06. The fourth-order valence-electron chi connectivity index (χ4n) is 2.19. The number of aromatic nitrogens is 3. The van der Waals surface area contributed by atoms with Crippen molar-refractivity contribution in [2.24, 2.45) is 0 Å². The van der Waals surface area contributed by atoms with Crippen molar-refractivity contribution in [1.82, 2.24) is 14.8 Å². The Morgan fingerprint density at radius 2 is 1.74 bits per heavy atom. The van der Waals surface area contributed by atoms with Gasteiger partial charge in [0.15, 0.2) is 11.0 Å². The number of aliphatic hydroxyl groups excluding tert-OH is 1. The summed E-state index contributed by atoms with van der Waals surface area (Å²) in [4.78, 5) is 0. The molecule has 1 aromatic heterocycles. The third-order valence-corrected chi connectivity index (χ3v) is 4.55. The van der Waals surface area contributed by atoms with E-state index in [1.165, 1.54) is 0 Å². The Bertz CT molecular complexity index is 759. The van der Waals surface area contributed by atoms with Crippen LogP contribution in [0, 0.1) is 0 Å². The van der Waals surface area contributed by atoms with E-state index in [0.29, 0.717) is 5.02 Å². The van der Waals surface area contributed by atoms with E-state index in [2.05, 4.69) is 10.2 Å². The highest BCUT2D eigenvalue weighted by atomic mass is 35.5. The molecular formula is C17H16ClN3OS. The molecule has 0 spiro atoms. The molecule has 0 bridgehead atoms. The lowest BCUT2D eigenvalue weighted by atomic mass is 10.2. The number of nitrogens with zero attached hydrogens (tertiary/aromatic N) is 3. The Balaban J connectivity index is 2.04. The molecule has 0 aliphatic heterocycles. The number of hydrogen-bond donors (Lipinski definition) is 1. The molecule has 0 unspecified atom stereocenters. The number of hydrogen-bond acceptors (Lipinski definition) is 4. The SMILES string of the molecule is OCCCSc1nnc(-c2ccccc2)n1-c1ccc(Cl)cc1. The van der Waals surface area contributed by atoms with Crippen molar-refractivity contribution in [2.75, 3.05) is 12.4 Å². The molecule has 0 amide bonds. The molecule has 118 valence electrons. The minimum atomic E-state index is 0.174. The van der Waals surface area contributed by atoms with Crippen molar-refractivity contribution in [3.05, 3.63) is 59.6 Å². The maximum absolute atomic E-state index is 8.97. The molecule has 6 heteroatoms. The van der Waals surface area contributed by atoms with Gasteiger partial charge in [-0.2, -0.15) is 0 Å². The Morgan fingerprint density at radius 3 is 2.43 bits per heavy atom. The van der Waals surface area contributed by atoms with Gasteiger partial charge in [-0.05, 0) is 30.7 Å². The number of aliphatic hydroxyl groups is 1. The topological polar surface area (TPSA) is 50.9 Å². The first-order chi connectivity index (χ1) is 11.3. The van der Waals surface area contributed by atoms with Gasteiger partial charge in [0.05, 0.1) is 0 Å². The largest absolute Gasteiger partial charge is 0.396 e. The fourth-order valence-corrected chi connectivity index (χ4v) is 3.19. The molecule has 0 saturated carbocycles. The second kappa shape index (κ2) is 7.64. The Kier molecular flexibility index (Phi) is 5.33. The zero-order valence-electron chi connectivity index (χ0n) is 12.4. The van der Waals surface area contributed by atoms with Crippen molar-refractivity contribution < 1.29 is 5.11 Å². The number of rotatable bonds is 6. The lowest BCUT2D eigenvalue weighted by molar-refractivity contribution is 0.296. The third kappa shape index (κ3) is 3.75. The minimum Gasteiger partial charge on any atom is -0.396 e. The van der Waals surface area contributed by atoms with Gasteiger partial charge in [0.2, 0.25) is 0 Å². The number of benzene rings is 2. The first-order valence-electron chi connectivity index (χ1n) is 7.30. The smallest absolute Gasteiger partial charge is 0.196 e. The summed E-state index contributed by atoms with van der Waals surface area (Å²) < 4.78 is 2.02. The van der Waals surface area contributed by atoms with Crippen LogP contribution in [-0.2, 0) is 0 Å². The Labute approximate surface area is 144 Å². The fraction of sp³-hybridized carbons (Fsp3) is 0.176. The summed E-state index contributed by atoms with van der Waals surface area (Å²) in [6.07, 6.45) is 0.721. The standard InChI is InChI=1S/C17H16ClN3OS/c18-14-7-9-15(10-8-14)21-16(13-5-2-1-3-6-13)19-20-17(21)23-12-4-11-22/h1-3,5-10,22H,4,11-12H2. The zero-order valence-corrected chi connectivity index (χ0v) is 14.0. The maximum Gasteiger partial charge on any atom is 0.196 e. The molecule has 1 heterocycles. The van der Waals surface area contributed by atoms with Crippen molar-refractivity contribution in [3.8, 4) is 17.1 Å². The molecular weight excluding hydrogens is 330 g/mol. The second-order valence-corrected chi connectivity index (χ2v) is 6.41. The summed E-state index contributed by atoms with van der Waals surface area (Å²) in [5, 5.41) is 19.2. The van der Waals surface area contributed by atoms with Crippen molar-refractivity contribution in [3.63, 3.8) is 0 Å². The molecule has 0 saturated heterocycles. The van der Waals surface area contributed by atoms with E-state index in [9.17, 15) is 0 Å². The molecule has 3 rings (SSSR count). The number of halogens is 1. The number of thioether (sulfide) groups is 1. The Hall–Kier alpha value is -1.82. The van der Waals surface area contributed by atoms with E-state index < -0.39 is 0 Å². The highest BCUT2D eigenvalue weighted by Crippen LogP contribution is 2.28. The summed E-state index contributed by atoms with van der Waals surface area (Å²) in [6.45, 7) is 0.174. The molecule has 0 radical (unpaired) electrons. The molecule has 1 N–H and O–H groups in total. The second-order valence-electron chi connectivity index (χ2n) is 4.91. The van der Waals surface area contributed by atoms with Crippen molar-refractivity contribution >= 4 is 23.4 Å². The van der Waals surface area contributed by atoms with Gasteiger partial charge < -0.3 is 5.11 Å². The lowest BCUT2D eigenvalue weighted by Gasteiger charge is -2.10. The molecule has 0 aliphatic rings. The van der Waals surface area contributed by atoms with Gasteiger partial charge in [0.1, 0.15) is 0 Å². The highest BCUT2D eigenvalue weighted by Gasteiger charge is 2.15. The van der Waals surface area contributed by atoms with Crippen LogP contribution in [0.4, 0.5) is 0 Å². The van der Waals surface area contributed by atoms with Crippen LogP contribution < -0.4 is 0 Å². The molecule has 0 fully saturated rings. The van der Waals surface area contributed by atoms with Gasteiger partial charge in [0, 0.05) is 28.6 Å². The molecule has 0 aliphatic carbocycles. The summed E-state index contributed by atoms with van der Waals surface area (Å²) in [5.41, 5.74) is 1.97. The van der Waals surface area contributed by atoms with E-state index in [0.717, 1.165) is 34.4 Å². The van der Waals surface area contributed by atoms with Crippen LogP contribution in [0.25, 0.3) is 17.1 Å². The quantitative estimate of drug-likeness (QED) is 0.540. The molecule has 23 heavy (non-hydrogen) atoms. The van der Waals surface area contributed by atoms with E-state index >= 15 is 0 Å². The monoisotopic (exact) mass is 345 g/mol. The Morgan fingerprint density at radius 1 is 1.00 bits per heavy atom. The lowest BCUT2D eigenvalue weighted by Crippen LogP contribution is -2.00. The van der Waals surface area contributed by atoms with Crippen LogP contribution in [0.2, 0.25) is 5.02 Å². The molecule has 0 atom stereocenters. The van der Waals surface area contributed by atoms with Crippen LogP contribution in [-0.4, -0.2) is 32.2 Å². The van der Waals surface area contributed by atoms with Gasteiger partial charge in [0.25, 0.3) is 0 Å². The third-order valence-electron chi connectivity index (χ3n) is 3.28. The van der Waals surface area contributed by atoms with Crippen LogP contribution in [0.1, 0.15) is 6.42 Å². The molecule has 3 aromatic rings. The van der Waals surface area contributed by atoms with Crippen molar-refractivity contribution in [2.45, 2.75) is 11.6 Å². The average Bonchev–Trinajstić information content (AvgIpc) is 3.00.